The Labute approximate surface area is 125 Å². The lowest BCUT2D eigenvalue weighted by Gasteiger charge is -2.27. The molecule has 2 unspecified atom stereocenters. The number of thiocarbonyl (C=S) groups is 1. The van der Waals surface area contributed by atoms with E-state index in [2.05, 4.69) is 17.1 Å². The first-order valence-corrected chi connectivity index (χ1v) is 7.36. The summed E-state index contributed by atoms with van der Waals surface area (Å²) in [7, 11) is 0. The third-order valence-electron chi connectivity index (χ3n) is 3.90. The van der Waals surface area contributed by atoms with Crippen LogP contribution in [0.4, 0.5) is 5.69 Å². The number of benzene rings is 1. The van der Waals surface area contributed by atoms with E-state index in [1.165, 1.54) is 0 Å². The number of amides is 1. The molecule has 2 atom stereocenters. The Balaban J connectivity index is 2.04. The number of carbonyl (C=O) groups excluding carboxylic acids is 1. The molecule has 0 aromatic heterocycles. The van der Waals surface area contributed by atoms with Crippen molar-refractivity contribution in [3.05, 3.63) is 29.8 Å². The Morgan fingerprint density at radius 1 is 1.55 bits per heavy atom. The van der Waals surface area contributed by atoms with Gasteiger partial charge in [-0.15, -0.1) is 0 Å². The number of nitrogens with two attached hydrogens (primary N) is 1. The summed E-state index contributed by atoms with van der Waals surface area (Å²) >= 11 is 4.95. The second kappa shape index (κ2) is 6.33. The summed E-state index contributed by atoms with van der Waals surface area (Å²) in [4.78, 5) is 14.9. The van der Waals surface area contributed by atoms with Crippen molar-refractivity contribution < 1.29 is 4.79 Å². The maximum absolute atomic E-state index is 12.3. The second-order valence-corrected chi connectivity index (χ2v) is 5.78. The van der Waals surface area contributed by atoms with Gasteiger partial charge in [0.1, 0.15) is 4.99 Å². The summed E-state index contributed by atoms with van der Waals surface area (Å²) in [6.45, 7) is 5.11. The van der Waals surface area contributed by atoms with Crippen LogP contribution >= 0.6 is 12.2 Å². The van der Waals surface area contributed by atoms with E-state index in [9.17, 15) is 4.79 Å². The fourth-order valence-electron chi connectivity index (χ4n) is 2.68. The van der Waals surface area contributed by atoms with E-state index in [1.807, 2.05) is 25.1 Å². The molecule has 1 aliphatic heterocycles. The fraction of sp³-hybridized carbons (Fsp3) is 0.467. The van der Waals surface area contributed by atoms with Crippen LogP contribution in [0.2, 0.25) is 0 Å². The number of anilines is 1. The Bertz CT molecular complexity index is 518. The van der Waals surface area contributed by atoms with Gasteiger partial charge in [0.25, 0.3) is 0 Å². The first-order valence-electron chi connectivity index (χ1n) is 6.95. The zero-order chi connectivity index (χ0) is 14.7. The monoisotopic (exact) mass is 291 g/mol. The van der Waals surface area contributed by atoms with Crippen LogP contribution in [0.5, 0.6) is 0 Å². The third kappa shape index (κ3) is 3.35. The molecule has 2 rings (SSSR count). The summed E-state index contributed by atoms with van der Waals surface area (Å²) in [5.74, 6) is 0.0128. The van der Waals surface area contributed by atoms with Crippen molar-refractivity contribution in [1.29, 1.82) is 0 Å². The first-order chi connectivity index (χ1) is 9.49. The van der Waals surface area contributed by atoms with Crippen molar-refractivity contribution in [1.82, 2.24) is 4.90 Å². The number of nitrogens with zero attached hydrogens (tertiary/aromatic N) is 1. The van der Waals surface area contributed by atoms with Gasteiger partial charge < -0.3 is 11.1 Å². The van der Waals surface area contributed by atoms with E-state index in [1.54, 1.807) is 6.07 Å². The van der Waals surface area contributed by atoms with Crippen molar-refractivity contribution in [2.24, 2.45) is 5.73 Å². The van der Waals surface area contributed by atoms with Gasteiger partial charge in [-0.25, -0.2) is 0 Å². The van der Waals surface area contributed by atoms with E-state index < -0.39 is 0 Å². The minimum absolute atomic E-state index is 0.0128. The van der Waals surface area contributed by atoms with Gasteiger partial charge in [0.2, 0.25) is 5.91 Å². The van der Waals surface area contributed by atoms with Gasteiger partial charge in [0, 0.05) is 17.3 Å². The zero-order valence-corrected chi connectivity index (χ0v) is 12.7. The molecular formula is C15H21N3OS. The molecule has 4 nitrogen and oxygen atoms in total. The smallest absolute Gasteiger partial charge is 0.241 e. The third-order valence-corrected chi connectivity index (χ3v) is 4.13. The van der Waals surface area contributed by atoms with Crippen LogP contribution in [-0.4, -0.2) is 34.4 Å². The molecule has 1 heterocycles. The SMILES string of the molecule is CC1CCCN1C(C)C(=O)Nc1cccc(C(N)=S)c1. The highest BCUT2D eigenvalue weighted by atomic mass is 32.1. The molecule has 3 N–H and O–H groups in total. The molecule has 0 radical (unpaired) electrons. The van der Waals surface area contributed by atoms with Crippen LogP contribution in [0.25, 0.3) is 0 Å². The Kier molecular flexibility index (Phi) is 4.73. The maximum atomic E-state index is 12.3. The van der Waals surface area contributed by atoms with Gasteiger partial charge in [0.15, 0.2) is 0 Å². The number of carbonyl (C=O) groups is 1. The zero-order valence-electron chi connectivity index (χ0n) is 11.9. The largest absolute Gasteiger partial charge is 0.389 e. The lowest BCUT2D eigenvalue weighted by Crippen LogP contribution is -2.43. The quantitative estimate of drug-likeness (QED) is 0.834. The van der Waals surface area contributed by atoms with Crippen molar-refractivity contribution in [3.63, 3.8) is 0 Å². The minimum Gasteiger partial charge on any atom is -0.389 e. The molecule has 1 aromatic carbocycles. The Hall–Kier alpha value is -1.46. The predicted molar refractivity (Wildman–Crippen MR) is 85.8 cm³/mol. The Morgan fingerprint density at radius 2 is 2.30 bits per heavy atom. The summed E-state index contributed by atoms with van der Waals surface area (Å²) in [6.07, 6.45) is 2.32. The van der Waals surface area contributed by atoms with Crippen LogP contribution < -0.4 is 11.1 Å². The van der Waals surface area contributed by atoms with Crippen molar-refractivity contribution >= 4 is 28.8 Å². The average molecular weight is 291 g/mol. The van der Waals surface area contributed by atoms with Gasteiger partial charge in [-0.05, 0) is 45.4 Å². The van der Waals surface area contributed by atoms with Gasteiger partial charge in [-0.2, -0.15) is 0 Å². The van der Waals surface area contributed by atoms with Gasteiger partial charge >= 0.3 is 0 Å². The molecule has 1 aliphatic rings. The number of rotatable bonds is 4. The van der Waals surface area contributed by atoms with Crippen molar-refractivity contribution in [2.75, 3.05) is 11.9 Å². The summed E-state index contributed by atoms with van der Waals surface area (Å²) in [6, 6.07) is 7.68. The summed E-state index contributed by atoms with van der Waals surface area (Å²) in [5, 5.41) is 2.94. The first kappa shape index (κ1) is 14.9. The van der Waals surface area contributed by atoms with Crippen molar-refractivity contribution in [2.45, 2.75) is 38.8 Å². The van der Waals surface area contributed by atoms with Crippen LogP contribution in [0.15, 0.2) is 24.3 Å². The standard InChI is InChI=1S/C15H21N3OS/c1-10-5-4-8-18(10)11(2)15(19)17-13-7-3-6-12(9-13)14(16)20/h3,6-7,9-11H,4-5,8H2,1-2H3,(H2,16,20)(H,17,19). The summed E-state index contributed by atoms with van der Waals surface area (Å²) in [5.41, 5.74) is 7.10. The lowest BCUT2D eigenvalue weighted by molar-refractivity contribution is -0.121. The average Bonchev–Trinajstić information content (AvgIpc) is 2.84. The van der Waals surface area contributed by atoms with Crippen LogP contribution in [0.1, 0.15) is 32.3 Å². The van der Waals surface area contributed by atoms with Gasteiger partial charge in [-0.3, -0.25) is 9.69 Å². The molecule has 1 aromatic rings. The lowest BCUT2D eigenvalue weighted by atomic mass is 10.2. The summed E-state index contributed by atoms with van der Waals surface area (Å²) < 4.78 is 0. The van der Waals surface area contributed by atoms with E-state index in [-0.39, 0.29) is 11.9 Å². The maximum Gasteiger partial charge on any atom is 0.241 e. The predicted octanol–water partition coefficient (Wildman–Crippen LogP) is 2.13. The topological polar surface area (TPSA) is 58.4 Å². The molecule has 0 aliphatic carbocycles. The highest BCUT2D eigenvalue weighted by molar-refractivity contribution is 7.80. The van der Waals surface area contributed by atoms with Crippen molar-refractivity contribution in [3.8, 4) is 0 Å². The molecule has 1 fully saturated rings. The normalized spacial score (nSPS) is 20.6. The molecule has 1 saturated heterocycles. The second-order valence-electron chi connectivity index (χ2n) is 5.34. The molecule has 0 saturated carbocycles. The van der Waals surface area contributed by atoms with Crippen LogP contribution in [0, 0.1) is 0 Å². The molecule has 108 valence electrons. The number of likely N-dealkylation sites (tertiary alicyclic amines) is 1. The van der Waals surface area contributed by atoms with E-state index in [0.717, 1.165) is 30.6 Å². The number of hydrogen-bond donors (Lipinski definition) is 2. The van der Waals surface area contributed by atoms with E-state index >= 15 is 0 Å². The Morgan fingerprint density at radius 3 is 2.90 bits per heavy atom. The molecular weight excluding hydrogens is 270 g/mol. The van der Waals surface area contributed by atoms with Gasteiger partial charge in [-0.1, -0.05) is 24.4 Å². The highest BCUT2D eigenvalue weighted by Gasteiger charge is 2.29. The molecule has 5 heteroatoms. The number of hydrogen-bond acceptors (Lipinski definition) is 3. The molecule has 20 heavy (non-hydrogen) atoms. The van der Waals surface area contributed by atoms with E-state index in [0.29, 0.717) is 11.0 Å². The van der Waals surface area contributed by atoms with Crippen LogP contribution in [0.3, 0.4) is 0 Å². The highest BCUT2D eigenvalue weighted by Crippen LogP contribution is 2.20. The molecule has 1 amide bonds. The number of nitrogens with one attached hydrogen (secondary N) is 1. The van der Waals surface area contributed by atoms with Gasteiger partial charge in [0.05, 0.1) is 6.04 Å². The fourth-order valence-corrected chi connectivity index (χ4v) is 2.81. The molecule has 0 spiro atoms. The van der Waals surface area contributed by atoms with E-state index in [4.69, 9.17) is 18.0 Å². The minimum atomic E-state index is -0.124. The van der Waals surface area contributed by atoms with Crippen LogP contribution in [-0.2, 0) is 4.79 Å². The molecule has 0 bridgehead atoms.